The van der Waals surface area contributed by atoms with E-state index in [-0.39, 0.29) is 12.1 Å². The molecule has 3 rings (SSSR count). The van der Waals surface area contributed by atoms with Gasteiger partial charge in [-0.05, 0) is 43.0 Å². The van der Waals surface area contributed by atoms with Crippen LogP contribution in [0.3, 0.4) is 0 Å². The van der Waals surface area contributed by atoms with Crippen molar-refractivity contribution in [3.63, 3.8) is 0 Å². The Hall–Kier alpha value is -1.96. The van der Waals surface area contributed by atoms with Crippen LogP contribution in [-0.2, 0) is 6.42 Å². The molecule has 1 aliphatic carbocycles. The summed E-state index contributed by atoms with van der Waals surface area (Å²) >= 11 is 0. The van der Waals surface area contributed by atoms with Crippen LogP contribution >= 0.6 is 0 Å². The maximum atomic E-state index is 13.0. The second-order valence-corrected chi connectivity index (χ2v) is 4.88. The first kappa shape index (κ1) is 12.1. The molecule has 0 saturated carbocycles. The molecular formula is C14H11F3N2. The first-order chi connectivity index (χ1) is 9.00. The fourth-order valence-corrected chi connectivity index (χ4v) is 2.86. The molecule has 19 heavy (non-hydrogen) atoms. The average molecular weight is 264 g/mol. The van der Waals surface area contributed by atoms with E-state index in [1.54, 1.807) is 18.2 Å². The smallest absolute Gasteiger partial charge is 0.358 e. The average Bonchev–Trinajstić information content (AvgIpc) is 2.74. The number of hydrogen-bond donors (Lipinski definition) is 1. The number of alkyl halides is 3. The van der Waals surface area contributed by atoms with Gasteiger partial charge in [-0.2, -0.15) is 18.4 Å². The third-order valence-corrected chi connectivity index (χ3v) is 3.73. The predicted molar refractivity (Wildman–Crippen MR) is 64.7 cm³/mol. The fraction of sp³-hybridized carbons (Fsp3) is 0.357. The standard InChI is InChI=1S/C14H11F3N2/c15-14(16,17)11-3-1-2-9-10-6-8(7-18)4-5-12(10)19-13(9)11/h4-6,11,19H,1-3H2. The minimum absolute atomic E-state index is 0.133. The first-order valence-corrected chi connectivity index (χ1v) is 6.12. The maximum Gasteiger partial charge on any atom is 0.397 e. The lowest BCUT2D eigenvalue weighted by molar-refractivity contribution is -0.154. The molecule has 1 heterocycles. The van der Waals surface area contributed by atoms with Crippen molar-refractivity contribution in [2.24, 2.45) is 0 Å². The maximum absolute atomic E-state index is 13.0. The Balaban J connectivity index is 2.22. The van der Waals surface area contributed by atoms with Crippen LogP contribution in [-0.4, -0.2) is 11.2 Å². The third-order valence-electron chi connectivity index (χ3n) is 3.73. The number of nitrogens with zero attached hydrogens (tertiary/aromatic N) is 1. The highest BCUT2D eigenvalue weighted by atomic mass is 19.4. The van der Waals surface area contributed by atoms with Crippen LogP contribution in [0.4, 0.5) is 13.2 Å². The molecule has 1 atom stereocenters. The summed E-state index contributed by atoms with van der Waals surface area (Å²) in [7, 11) is 0. The summed E-state index contributed by atoms with van der Waals surface area (Å²) in [5.74, 6) is -1.41. The number of H-pyrrole nitrogens is 1. The van der Waals surface area contributed by atoms with E-state index in [9.17, 15) is 13.2 Å². The van der Waals surface area contributed by atoms with E-state index < -0.39 is 12.1 Å². The minimum Gasteiger partial charge on any atom is -0.358 e. The number of benzene rings is 1. The second kappa shape index (κ2) is 4.02. The number of nitrogens with one attached hydrogen (secondary N) is 1. The molecule has 5 heteroatoms. The fourth-order valence-electron chi connectivity index (χ4n) is 2.86. The Bertz CT molecular complexity index is 676. The summed E-state index contributed by atoms with van der Waals surface area (Å²) in [6.07, 6.45) is -2.92. The van der Waals surface area contributed by atoms with Crippen molar-refractivity contribution in [3.8, 4) is 6.07 Å². The highest BCUT2D eigenvalue weighted by Crippen LogP contribution is 2.44. The molecule has 1 aliphatic rings. The van der Waals surface area contributed by atoms with E-state index in [1.807, 2.05) is 6.07 Å². The number of nitriles is 1. The van der Waals surface area contributed by atoms with Gasteiger partial charge in [-0.1, -0.05) is 0 Å². The summed E-state index contributed by atoms with van der Waals surface area (Å²) in [6.45, 7) is 0. The van der Waals surface area contributed by atoms with Crippen molar-refractivity contribution >= 4 is 10.9 Å². The van der Waals surface area contributed by atoms with Gasteiger partial charge < -0.3 is 4.98 Å². The summed E-state index contributed by atoms with van der Waals surface area (Å²) in [4.78, 5) is 2.89. The van der Waals surface area contributed by atoms with Crippen molar-refractivity contribution in [1.82, 2.24) is 4.98 Å². The lowest BCUT2D eigenvalue weighted by atomic mass is 9.86. The van der Waals surface area contributed by atoms with Crippen LogP contribution in [0.2, 0.25) is 0 Å². The first-order valence-electron chi connectivity index (χ1n) is 6.12. The van der Waals surface area contributed by atoms with Crippen molar-refractivity contribution in [2.75, 3.05) is 0 Å². The zero-order chi connectivity index (χ0) is 13.6. The molecule has 98 valence electrons. The van der Waals surface area contributed by atoms with Gasteiger partial charge >= 0.3 is 6.18 Å². The monoisotopic (exact) mass is 264 g/mol. The SMILES string of the molecule is N#Cc1ccc2[nH]c3c(c2c1)CCCC3C(F)(F)F. The number of aromatic amines is 1. The topological polar surface area (TPSA) is 39.6 Å². The van der Waals surface area contributed by atoms with Gasteiger partial charge in [-0.3, -0.25) is 0 Å². The minimum atomic E-state index is -4.21. The Labute approximate surface area is 107 Å². The van der Waals surface area contributed by atoms with E-state index in [4.69, 9.17) is 5.26 Å². The van der Waals surface area contributed by atoms with Crippen LogP contribution in [0.15, 0.2) is 18.2 Å². The van der Waals surface area contributed by atoms with E-state index in [0.717, 1.165) is 10.9 Å². The van der Waals surface area contributed by atoms with Gasteiger partial charge in [0.15, 0.2) is 0 Å². The summed E-state index contributed by atoms with van der Waals surface area (Å²) in [5, 5.41) is 9.63. The van der Waals surface area contributed by atoms with Gasteiger partial charge in [0.1, 0.15) is 0 Å². The summed E-state index contributed by atoms with van der Waals surface area (Å²) in [6, 6.07) is 6.99. The van der Waals surface area contributed by atoms with Gasteiger partial charge in [0, 0.05) is 16.6 Å². The molecule has 0 bridgehead atoms. The number of aryl methyl sites for hydroxylation is 1. The molecule has 1 aromatic heterocycles. The highest BCUT2D eigenvalue weighted by Gasteiger charge is 2.44. The Kier molecular flexibility index (Phi) is 2.56. The highest BCUT2D eigenvalue weighted by molar-refractivity contribution is 5.86. The molecule has 0 fully saturated rings. The van der Waals surface area contributed by atoms with Crippen LogP contribution < -0.4 is 0 Å². The molecule has 2 nitrogen and oxygen atoms in total. The Morgan fingerprint density at radius 1 is 1.32 bits per heavy atom. The van der Waals surface area contributed by atoms with Crippen molar-refractivity contribution in [3.05, 3.63) is 35.0 Å². The van der Waals surface area contributed by atoms with Gasteiger partial charge in [0.25, 0.3) is 0 Å². The summed E-state index contributed by atoms with van der Waals surface area (Å²) < 4.78 is 39.1. The molecule has 0 saturated heterocycles. The predicted octanol–water partition coefficient (Wildman–Crippen LogP) is 4.02. The number of aromatic nitrogens is 1. The van der Waals surface area contributed by atoms with Gasteiger partial charge in [0.05, 0.1) is 17.6 Å². The zero-order valence-electron chi connectivity index (χ0n) is 10.0. The van der Waals surface area contributed by atoms with E-state index in [2.05, 4.69) is 4.98 Å². The quantitative estimate of drug-likeness (QED) is 0.766. The van der Waals surface area contributed by atoms with Crippen molar-refractivity contribution in [2.45, 2.75) is 31.4 Å². The number of rotatable bonds is 0. The van der Waals surface area contributed by atoms with E-state index >= 15 is 0 Å². The lowest BCUT2D eigenvalue weighted by Crippen LogP contribution is -2.24. The van der Waals surface area contributed by atoms with Crippen LogP contribution in [0.5, 0.6) is 0 Å². The van der Waals surface area contributed by atoms with Crippen LogP contribution in [0.1, 0.15) is 35.6 Å². The van der Waals surface area contributed by atoms with Crippen LogP contribution in [0, 0.1) is 11.3 Å². The Morgan fingerprint density at radius 3 is 2.79 bits per heavy atom. The molecule has 0 radical (unpaired) electrons. The normalized spacial score (nSPS) is 19.2. The largest absolute Gasteiger partial charge is 0.397 e. The molecule has 2 aromatic rings. The van der Waals surface area contributed by atoms with E-state index in [1.165, 1.54) is 0 Å². The molecule has 1 aromatic carbocycles. The second-order valence-electron chi connectivity index (χ2n) is 4.88. The van der Waals surface area contributed by atoms with Gasteiger partial charge in [-0.15, -0.1) is 0 Å². The molecule has 0 amide bonds. The molecule has 1 unspecified atom stereocenters. The zero-order valence-corrected chi connectivity index (χ0v) is 10.0. The number of halogens is 3. The third kappa shape index (κ3) is 1.88. The Morgan fingerprint density at radius 2 is 2.11 bits per heavy atom. The molecule has 0 spiro atoms. The van der Waals surface area contributed by atoms with E-state index in [0.29, 0.717) is 23.9 Å². The molecular weight excluding hydrogens is 253 g/mol. The van der Waals surface area contributed by atoms with Gasteiger partial charge in [-0.25, -0.2) is 0 Å². The summed E-state index contributed by atoms with van der Waals surface area (Å²) in [5.41, 5.74) is 2.16. The van der Waals surface area contributed by atoms with Crippen LogP contribution in [0.25, 0.3) is 10.9 Å². The van der Waals surface area contributed by atoms with Crippen molar-refractivity contribution < 1.29 is 13.2 Å². The van der Waals surface area contributed by atoms with Gasteiger partial charge in [0.2, 0.25) is 0 Å². The van der Waals surface area contributed by atoms with Crippen molar-refractivity contribution in [1.29, 1.82) is 5.26 Å². The molecule has 0 aliphatic heterocycles. The number of fused-ring (bicyclic) bond motifs is 3. The molecule has 1 N–H and O–H groups in total. The number of hydrogen-bond acceptors (Lipinski definition) is 1. The lowest BCUT2D eigenvalue weighted by Gasteiger charge is -2.24.